The fraction of sp³-hybridized carbons (Fsp3) is 0.190. The van der Waals surface area contributed by atoms with Crippen LogP contribution in [0.1, 0.15) is 22.6 Å². The molecule has 0 saturated carbocycles. The largest absolute Gasteiger partial charge is 0.483 e. The molecule has 31 heavy (non-hydrogen) atoms. The second kappa shape index (κ2) is 8.03. The van der Waals surface area contributed by atoms with Crippen molar-refractivity contribution in [3.63, 3.8) is 0 Å². The van der Waals surface area contributed by atoms with Crippen molar-refractivity contribution in [1.29, 1.82) is 0 Å². The minimum atomic E-state index is -4.42. The molecule has 10 heteroatoms. The molecule has 2 heterocycles. The summed E-state index contributed by atoms with van der Waals surface area (Å²) in [5, 5.41) is 9.06. The number of hydrogen-bond donors (Lipinski definition) is 1. The summed E-state index contributed by atoms with van der Waals surface area (Å²) in [5.74, 6) is 0.0501. The van der Waals surface area contributed by atoms with Crippen LogP contribution in [0.25, 0.3) is 21.7 Å². The highest BCUT2D eigenvalue weighted by Crippen LogP contribution is 2.33. The Labute approximate surface area is 177 Å². The molecule has 0 radical (unpaired) electrons. The number of thiazole rings is 1. The van der Waals surface area contributed by atoms with E-state index < -0.39 is 17.7 Å². The van der Waals surface area contributed by atoms with Crippen LogP contribution < -0.4 is 4.74 Å². The van der Waals surface area contributed by atoms with Gasteiger partial charge in [-0.2, -0.15) is 13.2 Å². The first-order chi connectivity index (χ1) is 14.7. The van der Waals surface area contributed by atoms with E-state index in [4.69, 9.17) is 14.3 Å². The van der Waals surface area contributed by atoms with Crippen LogP contribution in [0.15, 0.2) is 46.3 Å². The second-order valence-corrected chi connectivity index (χ2v) is 7.64. The van der Waals surface area contributed by atoms with Crippen LogP contribution in [-0.2, 0) is 24.0 Å². The van der Waals surface area contributed by atoms with E-state index in [1.807, 2.05) is 0 Å². The third kappa shape index (κ3) is 4.53. The third-order valence-electron chi connectivity index (χ3n) is 4.53. The molecule has 160 valence electrons. The van der Waals surface area contributed by atoms with Crippen LogP contribution in [-0.4, -0.2) is 21.0 Å². The van der Waals surface area contributed by atoms with Gasteiger partial charge in [0, 0.05) is 5.56 Å². The molecule has 6 nitrogen and oxygen atoms in total. The first-order valence-corrected chi connectivity index (χ1v) is 9.93. The number of aliphatic carboxylic acids is 1. The predicted octanol–water partition coefficient (Wildman–Crippen LogP) is 5.48. The maximum absolute atomic E-state index is 12.7. The van der Waals surface area contributed by atoms with E-state index >= 15 is 0 Å². The number of aryl methyl sites for hydroxylation is 1. The molecule has 0 fully saturated rings. The molecular weight excluding hydrogens is 433 g/mol. The van der Waals surface area contributed by atoms with Crippen LogP contribution in [0, 0.1) is 6.92 Å². The third-order valence-corrected chi connectivity index (χ3v) is 5.30. The number of rotatable bonds is 6. The number of hydrogen-bond acceptors (Lipinski definition) is 6. The average Bonchev–Trinajstić information content (AvgIpc) is 3.31. The molecule has 1 N–H and O–H groups in total. The highest BCUT2D eigenvalue weighted by atomic mass is 32.1. The topological polar surface area (TPSA) is 85.5 Å². The Bertz CT molecular complexity index is 1250. The monoisotopic (exact) mass is 448 g/mol. The molecule has 0 aliphatic heterocycles. The van der Waals surface area contributed by atoms with E-state index in [0.717, 1.165) is 16.8 Å². The Morgan fingerprint density at radius 3 is 2.65 bits per heavy atom. The number of benzene rings is 2. The van der Waals surface area contributed by atoms with Crippen LogP contribution in [0.3, 0.4) is 0 Å². The van der Waals surface area contributed by atoms with Crippen LogP contribution in [0.2, 0.25) is 0 Å². The van der Waals surface area contributed by atoms with Gasteiger partial charge in [-0.15, -0.1) is 11.3 Å². The number of fused-ring (bicyclic) bond motifs is 1. The summed E-state index contributed by atoms with van der Waals surface area (Å²) in [7, 11) is 0. The zero-order valence-electron chi connectivity index (χ0n) is 16.1. The van der Waals surface area contributed by atoms with Crippen LogP contribution in [0.4, 0.5) is 13.2 Å². The first-order valence-electron chi connectivity index (χ1n) is 9.05. The van der Waals surface area contributed by atoms with Crippen molar-refractivity contribution in [2.75, 3.05) is 0 Å². The highest BCUT2D eigenvalue weighted by molar-refractivity contribution is 7.16. The van der Waals surface area contributed by atoms with Crippen molar-refractivity contribution in [1.82, 2.24) is 9.97 Å². The molecule has 0 aliphatic carbocycles. The first kappa shape index (κ1) is 20.9. The van der Waals surface area contributed by atoms with E-state index in [0.29, 0.717) is 33.8 Å². The molecule has 0 spiro atoms. The molecule has 0 amide bonds. The summed E-state index contributed by atoms with van der Waals surface area (Å²) in [4.78, 5) is 19.6. The summed E-state index contributed by atoms with van der Waals surface area (Å²) >= 11 is 1.37. The van der Waals surface area contributed by atoms with Gasteiger partial charge in [0.25, 0.3) is 0 Å². The van der Waals surface area contributed by atoms with Gasteiger partial charge in [-0.25, -0.2) is 9.97 Å². The molecule has 0 aliphatic rings. The Morgan fingerprint density at radius 2 is 1.97 bits per heavy atom. The van der Waals surface area contributed by atoms with Crippen molar-refractivity contribution < 1.29 is 32.2 Å². The Kier molecular flexibility index (Phi) is 5.40. The lowest BCUT2D eigenvalue weighted by atomic mass is 10.1. The van der Waals surface area contributed by atoms with Crippen molar-refractivity contribution >= 4 is 27.5 Å². The van der Waals surface area contributed by atoms with Crippen molar-refractivity contribution in [3.8, 4) is 17.2 Å². The normalized spacial score (nSPS) is 11.7. The lowest BCUT2D eigenvalue weighted by molar-refractivity contribution is -0.138. The number of carboxylic acid groups (broad SMARTS) is 1. The van der Waals surface area contributed by atoms with E-state index in [1.54, 1.807) is 24.6 Å². The van der Waals surface area contributed by atoms with Crippen molar-refractivity contribution in [2.24, 2.45) is 0 Å². The lowest BCUT2D eigenvalue weighted by Crippen LogP contribution is -2.03. The van der Waals surface area contributed by atoms with E-state index in [1.165, 1.54) is 23.5 Å². The number of alkyl halides is 3. The van der Waals surface area contributed by atoms with E-state index in [-0.39, 0.29) is 18.9 Å². The van der Waals surface area contributed by atoms with Gasteiger partial charge in [0.05, 0.1) is 27.9 Å². The zero-order chi connectivity index (χ0) is 22.2. The van der Waals surface area contributed by atoms with Gasteiger partial charge >= 0.3 is 12.1 Å². The summed E-state index contributed by atoms with van der Waals surface area (Å²) in [6, 6.07) is 7.92. The fourth-order valence-corrected chi connectivity index (χ4v) is 3.76. The minimum Gasteiger partial charge on any atom is -0.483 e. The molecule has 0 atom stereocenters. The van der Waals surface area contributed by atoms with E-state index in [2.05, 4.69) is 9.97 Å². The highest BCUT2D eigenvalue weighted by Gasteiger charge is 2.30. The Morgan fingerprint density at radius 1 is 1.23 bits per heavy atom. The van der Waals surface area contributed by atoms with Gasteiger partial charge in [0.15, 0.2) is 5.76 Å². The van der Waals surface area contributed by atoms with Gasteiger partial charge < -0.3 is 14.3 Å². The minimum absolute atomic E-state index is 0.00260. The molecule has 2 aromatic heterocycles. The summed E-state index contributed by atoms with van der Waals surface area (Å²) in [6.07, 6.45) is -4.57. The summed E-state index contributed by atoms with van der Waals surface area (Å²) < 4.78 is 50.6. The smallest absolute Gasteiger partial charge is 0.416 e. The number of oxazole rings is 1. The number of carboxylic acids is 1. The number of halogens is 3. The maximum Gasteiger partial charge on any atom is 0.416 e. The predicted molar refractivity (Wildman–Crippen MR) is 107 cm³/mol. The maximum atomic E-state index is 12.7. The van der Waals surface area contributed by atoms with Gasteiger partial charge in [-0.3, -0.25) is 4.79 Å². The lowest BCUT2D eigenvalue weighted by Gasteiger charge is -2.08. The van der Waals surface area contributed by atoms with Crippen molar-refractivity contribution in [3.05, 3.63) is 64.5 Å². The van der Waals surface area contributed by atoms with Gasteiger partial charge in [-0.1, -0.05) is 0 Å². The van der Waals surface area contributed by atoms with Gasteiger partial charge in [-0.05, 0) is 48.9 Å². The second-order valence-electron chi connectivity index (χ2n) is 6.75. The molecule has 0 saturated heterocycles. The molecule has 0 bridgehead atoms. The number of nitrogens with zero attached hydrogens (tertiary/aromatic N) is 2. The number of carbonyl (C=O) groups is 1. The standard InChI is InChI=1S/C21H15F3N2O4S/c1-11-16(30-20(26-11)13-2-4-14(5-3-13)21(22,23)24)9-29-15-6-12(8-18(27)28)7-17-19(15)25-10-31-17/h2-7,10H,8-9H2,1H3,(H,27,28). The molecule has 4 aromatic rings. The molecular formula is C21H15F3N2O4S. The van der Waals surface area contributed by atoms with Crippen LogP contribution >= 0.6 is 11.3 Å². The van der Waals surface area contributed by atoms with Crippen molar-refractivity contribution in [2.45, 2.75) is 26.1 Å². The SMILES string of the molecule is Cc1nc(-c2ccc(C(F)(F)F)cc2)oc1COc1cc(CC(=O)O)cc2scnc12. The van der Waals surface area contributed by atoms with Crippen LogP contribution in [0.5, 0.6) is 5.75 Å². The van der Waals surface area contributed by atoms with Gasteiger partial charge in [0.1, 0.15) is 17.9 Å². The molecule has 0 unspecified atom stereocenters. The molecule has 2 aromatic carbocycles. The summed E-state index contributed by atoms with van der Waals surface area (Å²) in [5.41, 5.74) is 3.03. The number of aromatic nitrogens is 2. The zero-order valence-corrected chi connectivity index (χ0v) is 16.9. The molecule has 4 rings (SSSR count). The number of ether oxygens (including phenoxy) is 1. The Balaban J connectivity index is 1.56. The van der Waals surface area contributed by atoms with E-state index in [9.17, 15) is 18.0 Å². The summed E-state index contributed by atoms with van der Waals surface area (Å²) in [6.45, 7) is 1.71. The Hall–Kier alpha value is -3.40. The average molecular weight is 448 g/mol. The fourth-order valence-electron chi connectivity index (χ4n) is 3.01. The quantitative estimate of drug-likeness (QED) is 0.420. The van der Waals surface area contributed by atoms with Gasteiger partial charge in [0.2, 0.25) is 5.89 Å².